The molecule has 5 rings (SSSR count). The summed E-state index contributed by atoms with van der Waals surface area (Å²) in [6.45, 7) is 2.24. The Labute approximate surface area is 168 Å². The van der Waals surface area contributed by atoms with Crippen LogP contribution in [0.15, 0.2) is 55.0 Å². The van der Waals surface area contributed by atoms with E-state index in [1.54, 1.807) is 0 Å². The number of H-pyrrole nitrogens is 1. The van der Waals surface area contributed by atoms with Crippen molar-refractivity contribution in [3.8, 4) is 11.3 Å². The molecule has 1 saturated heterocycles. The minimum absolute atomic E-state index is 0.477. The van der Waals surface area contributed by atoms with Crippen LogP contribution in [0.2, 0.25) is 0 Å². The topological polar surface area (TPSA) is 56.8 Å². The molecule has 0 radical (unpaired) electrons. The van der Waals surface area contributed by atoms with Crippen molar-refractivity contribution in [3.63, 3.8) is 0 Å². The first-order chi connectivity index (χ1) is 13.8. The Morgan fingerprint density at radius 1 is 1.07 bits per heavy atom. The van der Waals surface area contributed by atoms with E-state index in [9.17, 15) is 0 Å². The molecular weight excluding hydrogens is 366 g/mol. The number of aromatic nitrogens is 3. The standard InChI is InChI=1S/C22H23N5S/c1-28-27-10-6-18(7-11-27)26-21-13-19-17(14-25-21)5-9-24-22(19)16-2-3-20-15(12-16)4-8-23-20/h2-5,8-9,12-14,18,23H,6-7,10-11H2,1H3,(H,25,26). The van der Waals surface area contributed by atoms with Gasteiger partial charge in [-0.2, -0.15) is 0 Å². The van der Waals surface area contributed by atoms with Crippen molar-refractivity contribution < 1.29 is 0 Å². The minimum atomic E-state index is 0.477. The van der Waals surface area contributed by atoms with Crippen LogP contribution in [0.1, 0.15) is 12.8 Å². The molecule has 4 aromatic rings. The van der Waals surface area contributed by atoms with E-state index >= 15 is 0 Å². The minimum Gasteiger partial charge on any atom is -0.367 e. The van der Waals surface area contributed by atoms with Gasteiger partial charge in [0.15, 0.2) is 0 Å². The Morgan fingerprint density at radius 2 is 1.96 bits per heavy atom. The molecule has 0 saturated carbocycles. The van der Waals surface area contributed by atoms with Crippen LogP contribution in [0.5, 0.6) is 0 Å². The predicted molar refractivity (Wildman–Crippen MR) is 119 cm³/mol. The second kappa shape index (κ2) is 7.45. The van der Waals surface area contributed by atoms with E-state index in [0.29, 0.717) is 6.04 Å². The molecule has 142 valence electrons. The van der Waals surface area contributed by atoms with Crippen LogP contribution in [0.25, 0.3) is 32.9 Å². The third-order valence-corrected chi connectivity index (χ3v) is 6.42. The summed E-state index contributed by atoms with van der Waals surface area (Å²) in [5.74, 6) is 0.937. The number of pyridine rings is 2. The lowest BCUT2D eigenvalue weighted by molar-refractivity contribution is 0.359. The monoisotopic (exact) mass is 389 g/mol. The zero-order valence-electron chi connectivity index (χ0n) is 15.9. The Balaban J connectivity index is 1.47. The highest BCUT2D eigenvalue weighted by Gasteiger charge is 2.19. The van der Waals surface area contributed by atoms with Crippen molar-refractivity contribution in [1.82, 2.24) is 19.3 Å². The Bertz CT molecular complexity index is 1110. The molecule has 1 aliphatic rings. The summed E-state index contributed by atoms with van der Waals surface area (Å²) < 4.78 is 2.42. The van der Waals surface area contributed by atoms with Crippen molar-refractivity contribution in [3.05, 3.63) is 55.0 Å². The van der Waals surface area contributed by atoms with Gasteiger partial charge in [0.2, 0.25) is 0 Å². The van der Waals surface area contributed by atoms with Crippen LogP contribution in [0, 0.1) is 0 Å². The number of piperidine rings is 1. The third-order valence-electron chi connectivity index (χ3n) is 5.54. The fraction of sp³-hybridized carbons (Fsp3) is 0.273. The first kappa shape index (κ1) is 17.5. The molecule has 6 heteroatoms. The lowest BCUT2D eigenvalue weighted by Crippen LogP contribution is -2.35. The summed E-state index contributed by atoms with van der Waals surface area (Å²) in [7, 11) is 0. The smallest absolute Gasteiger partial charge is 0.126 e. The van der Waals surface area contributed by atoms with Gasteiger partial charge in [-0.15, -0.1) is 0 Å². The van der Waals surface area contributed by atoms with Gasteiger partial charge in [-0.25, -0.2) is 4.98 Å². The molecule has 1 fully saturated rings. The molecule has 0 bridgehead atoms. The lowest BCUT2D eigenvalue weighted by Gasteiger charge is -2.30. The zero-order valence-corrected chi connectivity index (χ0v) is 16.7. The van der Waals surface area contributed by atoms with Crippen LogP contribution < -0.4 is 5.32 Å². The van der Waals surface area contributed by atoms with Gasteiger partial charge in [0.05, 0.1) is 5.69 Å². The Morgan fingerprint density at radius 3 is 2.82 bits per heavy atom. The molecular formula is C22H23N5S. The SMILES string of the molecule is CSN1CCC(Nc2cc3c(-c4ccc5[nH]ccc5c4)nccc3cn2)CC1. The molecule has 0 unspecified atom stereocenters. The summed E-state index contributed by atoms with van der Waals surface area (Å²) in [5, 5.41) is 7.09. The average molecular weight is 390 g/mol. The van der Waals surface area contributed by atoms with Crippen molar-refractivity contribution in [2.45, 2.75) is 18.9 Å². The third kappa shape index (κ3) is 3.34. The number of aromatic amines is 1. The molecule has 0 atom stereocenters. The van der Waals surface area contributed by atoms with E-state index < -0.39 is 0 Å². The maximum absolute atomic E-state index is 4.70. The van der Waals surface area contributed by atoms with Gasteiger partial charge < -0.3 is 10.3 Å². The number of benzene rings is 1. The first-order valence-electron chi connectivity index (χ1n) is 9.68. The van der Waals surface area contributed by atoms with Gasteiger partial charge in [0, 0.05) is 65.0 Å². The molecule has 0 spiro atoms. The highest BCUT2D eigenvalue weighted by Crippen LogP contribution is 2.30. The number of fused-ring (bicyclic) bond motifs is 2. The summed E-state index contributed by atoms with van der Waals surface area (Å²) in [5.41, 5.74) is 3.27. The largest absolute Gasteiger partial charge is 0.367 e. The van der Waals surface area contributed by atoms with E-state index in [0.717, 1.165) is 59.3 Å². The fourth-order valence-electron chi connectivity index (χ4n) is 3.97. The highest BCUT2D eigenvalue weighted by molar-refractivity contribution is 7.96. The predicted octanol–water partition coefficient (Wildman–Crippen LogP) is 4.93. The van der Waals surface area contributed by atoms with Crippen LogP contribution in [-0.2, 0) is 0 Å². The van der Waals surface area contributed by atoms with Gasteiger partial charge in [0.25, 0.3) is 0 Å². The van der Waals surface area contributed by atoms with E-state index in [4.69, 9.17) is 4.98 Å². The van der Waals surface area contributed by atoms with E-state index in [1.165, 1.54) is 5.39 Å². The summed E-state index contributed by atoms with van der Waals surface area (Å²) in [6.07, 6.45) is 10.2. The van der Waals surface area contributed by atoms with Gasteiger partial charge in [-0.1, -0.05) is 18.0 Å². The molecule has 2 N–H and O–H groups in total. The van der Waals surface area contributed by atoms with Crippen molar-refractivity contribution in [2.75, 3.05) is 24.7 Å². The summed E-state index contributed by atoms with van der Waals surface area (Å²) in [6, 6.07) is 13.2. The Hall–Kier alpha value is -2.57. The molecule has 1 aliphatic heterocycles. The van der Waals surface area contributed by atoms with Crippen molar-refractivity contribution in [1.29, 1.82) is 0 Å². The van der Waals surface area contributed by atoms with Crippen LogP contribution >= 0.6 is 11.9 Å². The molecule has 1 aromatic carbocycles. The number of rotatable bonds is 4. The van der Waals surface area contributed by atoms with Crippen LogP contribution in [-0.4, -0.2) is 44.6 Å². The number of anilines is 1. The van der Waals surface area contributed by atoms with E-state index in [2.05, 4.69) is 56.2 Å². The van der Waals surface area contributed by atoms with Crippen molar-refractivity contribution >= 4 is 39.4 Å². The van der Waals surface area contributed by atoms with Crippen LogP contribution in [0.4, 0.5) is 5.82 Å². The van der Waals surface area contributed by atoms with Crippen LogP contribution in [0.3, 0.4) is 0 Å². The van der Waals surface area contributed by atoms with Crippen molar-refractivity contribution in [2.24, 2.45) is 0 Å². The summed E-state index contributed by atoms with van der Waals surface area (Å²) >= 11 is 1.84. The van der Waals surface area contributed by atoms with E-state index in [1.807, 2.05) is 36.6 Å². The molecule has 3 aromatic heterocycles. The van der Waals surface area contributed by atoms with Gasteiger partial charge >= 0.3 is 0 Å². The van der Waals surface area contributed by atoms with E-state index in [-0.39, 0.29) is 0 Å². The molecule has 4 heterocycles. The normalized spacial score (nSPS) is 16.0. The number of hydrogen-bond donors (Lipinski definition) is 2. The summed E-state index contributed by atoms with van der Waals surface area (Å²) in [4.78, 5) is 12.6. The quantitative estimate of drug-likeness (QED) is 0.485. The average Bonchev–Trinajstić information content (AvgIpc) is 3.22. The second-order valence-electron chi connectivity index (χ2n) is 7.26. The molecule has 5 nitrogen and oxygen atoms in total. The maximum Gasteiger partial charge on any atom is 0.126 e. The first-order valence-corrected chi connectivity index (χ1v) is 10.9. The van der Waals surface area contributed by atoms with Gasteiger partial charge in [-0.05, 0) is 49.4 Å². The van der Waals surface area contributed by atoms with Gasteiger partial charge in [-0.3, -0.25) is 9.29 Å². The zero-order chi connectivity index (χ0) is 18.9. The molecule has 28 heavy (non-hydrogen) atoms. The number of nitrogens with zero attached hydrogens (tertiary/aromatic N) is 3. The fourth-order valence-corrected chi connectivity index (χ4v) is 4.54. The van der Waals surface area contributed by atoms with Gasteiger partial charge in [0.1, 0.15) is 5.82 Å². The Kier molecular flexibility index (Phi) is 4.66. The number of nitrogens with one attached hydrogen (secondary N) is 2. The highest BCUT2D eigenvalue weighted by atomic mass is 32.2. The number of hydrogen-bond acceptors (Lipinski definition) is 5. The maximum atomic E-state index is 4.70. The second-order valence-corrected chi connectivity index (χ2v) is 8.14. The molecule has 0 amide bonds. The lowest BCUT2D eigenvalue weighted by atomic mass is 10.0. The molecule has 0 aliphatic carbocycles.